The molecule has 33 heavy (non-hydrogen) atoms. The van der Waals surface area contributed by atoms with Crippen LogP contribution < -0.4 is 4.90 Å². The standard InChI is InChI=1S/C28H28N2O3/c1-19-9-15-22(16-10-19)29(25(31)20-11-13-21(14-12-20)28(2,3)4)17-18-30-26(32)23-7-5-6-8-24(23)27(30)33/h5-16H,17-18H2,1-4H3. The first-order valence-corrected chi connectivity index (χ1v) is 11.1. The predicted molar refractivity (Wildman–Crippen MR) is 130 cm³/mol. The normalized spacial score (nSPS) is 13.3. The summed E-state index contributed by atoms with van der Waals surface area (Å²) in [5.74, 6) is -0.807. The molecule has 1 aliphatic heterocycles. The summed E-state index contributed by atoms with van der Waals surface area (Å²) in [5.41, 5.74) is 4.33. The maximum Gasteiger partial charge on any atom is 0.261 e. The molecule has 0 saturated heterocycles. The van der Waals surface area contributed by atoms with E-state index in [0.717, 1.165) is 16.8 Å². The van der Waals surface area contributed by atoms with Gasteiger partial charge in [-0.3, -0.25) is 19.3 Å². The summed E-state index contributed by atoms with van der Waals surface area (Å²) in [5, 5.41) is 0. The second-order valence-electron chi connectivity index (χ2n) is 9.43. The minimum atomic E-state index is -0.318. The Morgan fingerprint density at radius 1 is 0.818 bits per heavy atom. The molecule has 168 valence electrons. The molecule has 5 heteroatoms. The van der Waals surface area contributed by atoms with Gasteiger partial charge in [-0.05, 0) is 54.3 Å². The Bertz CT molecular complexity index is 1170. The van der Waals surface area contributed by atoms with Crippen molar-refractivity contribution < 1.29 is 14.4 Å². The fourth-order valence-corrected chi connectivity index (χ4v) is 3.98. The predicted octanol–water partition coefficient (Wildman–Crippen LogP) is 5.24. The van der Waals surface area contributed by atoms with Crippen LogP contribution in [0.3, 0.4) is 0 Å². The lowest BCUT2D eigenvalue weighted by atomic mass is 9.86. The quantitative estimate of drug-likeness (QED) is 0.510. The Kier molecular flexibility index (Phi) is 5.90. The van der Waals surface area contributed by atoms with E-state index in [-0.39, 0.29) is 36.2 Å². The van der Waals surface area contributed by atoms with E-state index in [1.54, 1.807) is 29.2 Å². The van der Waals surface area contributed by atoms with Gasteiger partial charge < -0.3 is 4.90 Å². The van der Waals surface area contributed by atoms with Crippen molar-refractivity contribution in [1.82, 2.24) is 4.90 Å². The number of carbonyl (C=O) groups is 3. The molecule has 0 unspecified atom stereocenters. The first kappa shape index (κ1) is 22.5. The highest BCUT2D eigenvalue weighted by Crippen LogP contribution is 2.25. The fraction of sp³-hybridized carbons (Fsp3) is 0.250. The summed E-state index contributed by atoms with van der Waals surface area (Å²) in [6.07, 6.45) is 0. The number of amides is 3. The second-order valence-corrected chi connectivity index (χ2v) is 9.43. The number of imide groups is 1. The molecule has 0 aliphatic carbocycles. The highest BCUT2D eigenvalue weighted by Gasteiger charge is 2.35. The van der Waals surface area contributed by atoms with Gasteiger partial charge in [-0.25, -0.2) is 0 Å². The lowest BCUT2D eigenvalue weighted by Crippen LogP contribution is -2.41. The highest BCUT2D eigenvalue weighted by molar-refractivity contribution is 6.21. The summed E-state index contributed by atoms with van der Waals surface area (Å²) < 4.78 is 0. The topological polar surface area (TPSA) is 57.7 Å². The van der Waals surface area contributed by atoms with Crippen LogP contribution in [0.15, 0.2) is 72.8 Å². The minimum Gasteiger partial charge on any atom is -0.307 e. The molecule has 3 amide bonds. The van der Waals surface area contributed by atoms with Crippen LogP contribution in [-0.4, -0.2) is 35.7 Å². The largest absolute Gasteiger partial charge is 0.307 e. The van der Waals surface area contributed by atoms with Gasteiger partial charge in [0.15, 0.2) is 0 Å². The Morgan fingerprint density at radius 3 is 1.88 bits per heavy atom. The van der Waals surface area contributed by atoms with Crippen LogP contribution in [-0.2, 0) is 5.41 Å². The monoisotopic (exact) mass is 440 g/mol. The summed E-state index contributed by atoms with van der Waals surface area (Å²) in [6.45, 7) is 8.69. The SMILES string of the molecule is Cc1ccc(N(CCN2C(=O)c3ccccc3C2=O)C(=O)c2ccc(C(C)(C)C)cc2)cc1. The number of benzene rings is 3. The molecule has 0 bridgehead atoms. The van der Waals surface area contributed by atoms with E-state index < -0.39 is 0 Å². The molecule has 0 N–H and O–H groups in total. The average molecular weight is 441 g/mol. The molecular formula is C28H28N2O3. The Balaban J connectivity index is 1.60. The zero-order valence-electron chi connectivity index (χ0n) is 19.5. The Hall–Kier alpha value is -3.73. The van der Waals surface area contributed by atoms with Gasteiger partial charge in [-0.15, -0.1) is 0 Å². The third-order valence-electron chi connectivity index (χ3n) is 6.01. The van der Waals surface area contributed by atoms with Crippen LogP contribution >= 0.6 is 0 Å². The molecule has 0 aromatic heterocycles. The van der Waals surface area contributed by atoms with Crippen molar-refractivity contribution in [2.75, 3.05) is 18.0 Å². The number of fused-ring (bicyclic) bond motifs is 1. The van der Waals surface area contributed by atoms with Crippen molar-refractivity contribution in [3.05, 3.63) is 101 Å². The van der Waals surface area contributed by atoms with E-state index in [1.165, 1.54) is 4.90 Å². The molecule has 4 rings (SSSR count). The molecule has 0 radical (unpaired) electrons. The Morgan fingerprint density at radius 2 is 1.36 bits per heavy atom. The molecule has 0 saturated carbocycles. The Labute approximate surface area is 194 Å². The smallest absolute Gasteiger partial charge is 0.261 e. The van der Waals surface area contributed by atoms with Crippen LogP contribution in [0.5, 0.6) is 0 Å². The number of aryl methyl sites for hydroxylation is 1. The van der Waals surface area contributed by atoms with Crippen LogP contribution in [0.1, 0.15) is 63.0 Å². The minimum absolute atomic E-state index is 0.0102. The van der Waals surface area contributed by atoms with E-state index in [9.17, 15) is 14.4 Å². The summed E-state index contributed by atoms with van der Waals surface area (Å²) in [7, 11) is 0. The van der Waals surface area contributed by atoms with Crippen molar-refractivity contribution in [2.24, 2.45) is 0 Å². The molecule has 3 aromatic rings. The molecule has 0 atom stereocenters. The highest BCUT2D eigenvalue weighted by atomic mass is 16.2. The van der Waals surface area contributed by atoms with Crippen molar-refractivity contribution in [2.45, 2.75) is 33.1 Å². The number of hydrogen-bond acceptors (Lipinski definition) is 3. The maximum absolute atomic E-state index is 13.5. The van der Waals surface area contributed by atoms with Gasteiger partial charge in [0, 0.05) is 24.3 Å². The molecule has 0 fully saturated rings. The van der Waals surface area contributed by atoms with Crippen LogP contribution in [0.25, 0.3) is 0 Å². The van der Waals surface area contributed by atoms with E-state index in [2.05, 4.69) is 20.8 Å². The van der Waals surface area contributed by atoms with Gasteiger partial charge in [0.2, 0.25) is 0 Å². The van der Waals surface area contributed by atoms with E-state index in [0.29, 0.717) is 16.7 Å². The lowest BCUT2D eigenvalue weighted by Gasteiger charge is -2.26. The second kappa shape index (κ2) is 8.66. The number of hydrogen-bond donors (Lipinski definition) is 0. The molecule has 0 spiro atoms. The molecule has 3 aromatic carbocycles. The zero-order valence-corrected chi connectivity index (χ0v) is 19.5. The summed E-state index contributed by atoms with van der Waals surface area (Å²) >= 11 is 0. The first-order valence-electron chi connectivity index (χ1n) is 11.1. The maximum atomic E-state index is 13.5. The van der Waals surface area contributed by atoms with Crippen molar-refractivity contribution >= 4 is 23.4 Å². The van der Waals surface area contributed by atoms with Crippen molar-refractivity contribution in [1.29, 1.82) is 0 Å². The average Bonchev–Trinajstić information content (AvgIpc) is 3.04. The lowest BCUT2D eigenvalue weighted by molar-refractivity contribution is 0.0654. The third kappa shape index (κ3) is 4.44. The van der Waals surface area contributed by atoms with E-state index in [4.69, 9.17) is 0 Å². The van der Waals surface area contributed by atoms with Gasteiger partial charge >= 0.3 is 0 Å². The first-order chi connectivity index (χ1) is 15.7. The number of anilines is 1. The molecule has 1 heterocycles. The van der Waals surface area contributed by atoms with Gasteiger partial charge in [-0.2, -0.15) is 0 Å². The number of nitrogens with zero attached hydrogens (tertiary/aromatic N) is 2. The van der Waals surface area contributed by atoms with E-state index in [1.807, 2.05) is 55.5 Å². The molecule has 5 nitrogen and oxygen atoms in total. The van der Waals surface area contributed by atoms with Crippen LogP contribution in [0, 0.1) is 6.92 Å². The van der Waals surface area contributed by atoms with Gasteiger partial charge in [0.1, 0.15) is 0 Å². The van der Waals surface area contributed by atoms with Crippen LogP contribution in [0.2, 0.25) is 0 Å². The number of carbonyl (C=O) groups excluding carboxylic acids is 3. The fourth-order valence-electron chi connectivity index (χ4n) is 3.98. The van der Waals surface area contributed by atoms with Crippen molar-refractivity contribution in [3.8, 4) is 0 Å². The molecule has 1 aliphatic rings. The van der Waals surface area contributed by atoms with Gasteiger partial charge in [0.05, 0.1) is 11.1 Å². The van der Waals surface area contributed by atoms with Crippen LogP contribution in [0.4, 0.5) is 5.69 Å². The van der Waals surface area contributed by atoms with Gasteiger partial charge in [-0.1, -0.05) is 62.7 Å². The summed E-state index contributed by atoms with van der Waals surface area (Å²) in [6, 6.07) is 22.1. The zero-order chi connectivity index (χ0) is 23.8. The third-order valence-corrected chi connectivity index (χ3v) is 6.01. The number of rotatable bonds is 5. The molecular weight excluding hydrogens is 412 g/mol. The van der Waals surface area contributed by atoms with Crippen molar-refractivity contribution in [3.63, 3.8) is 0 Å². The van der Waals surface area contributed by atoms with Gasteiger partial charge in [0.25, 0.3) is 17.7 Å². The summed E-state index contributed by atoms with van der Waals surface area (Å²) in [4.78, 5) is 41.9. The van der Waals surface area contributed by atoms with E-state index >= 15 is 0 Å².